The summed E-state index contributed by atoms with van der Waals surface area (Å²) in [6.45, 7) is 19.7. The molecule has 0 aliphatic rings. The lowest BCUT2D eigenvalue weighted by Crippen LogP contribution is -2.47. The molecule has 0 atom stereocenters. The monoisotopic (exact) mass is 378 g/mol. The first-order chi connectivity index (χ1) is 10.5. The molecule has 0 N–H and O–H groups in total. The molecule has 4 heteroatoms. The van der Waals surface area contributed by atoms with Crippen LogP contribution < -0.4 is 0 Å². The zero-order chi connectivity index (χ0) is 18.1. The highest BCUT2D eigenvalue weighted by atomic mass is 35.6. The fourth-order valence-corrected chi connectivity index (χ4v) is 11.1. The quantitative estimate of drug-likeness (QED) is 0.179. The molecule has 0 radical (unpaired) electrons. The summed E-state index contributed by atoms with van der Waals surface area (Å²) in [5.41, 5.74) is 2.10. The van der Waals surface area contributed by atoms with Crippen molar-refractivity contribution >= 4 is 26.8 Å². The standard InChI is InChI=1S/C19H43ClOSi2/c1-17(2)23(18(3)4,19(5)6)21-15-13-11-9-10-12-14-16-22(7,8)20/h17-19H,9-16H2,1-8H3. The molecule has 0 aliphatic carbocycles. The van der Waals surface area contributed by atoms with Gasteiger partial charge >= 0.3 is 0 Å². The lowest BCUT2D eigenvalue weighted by molar-refractivity contribution is 0.267. The van der Waals surface area contributed by atoms with Crippen molar-refractivity contribution in [2.24, 2.45) is 0 Å². The molecule has 0 amide bonds. The van der Waals surface area contributed by atoms with E-state index in [-0.39, 0.29) is 0 Å². The number of halogens is 1. The van der Waals surface area contributed by atoms with E-state index >= 15 is 0 Å². The van der Waals surface area contributed by atoms with Crippen LogP contribution >= 0.6 is 11.1 Å². The van der Waals surface area contributed by atoms with Crippen LogP contribution in [-0.2, 0) is 4.43 Å². The van der Waals surface area contributed by atoms with E-state index in [0.717, 1.165) is 6.61 Å². The molecule has 0 aromatic heterocycles. The third-order valence-corrected chi connectivity index (χ3v) is 13.5. The van der Waals surface area contributed by atoms with Crippen LogP contribution in [0.1, 0.15) is 80.1 Å². The second-order valence-electron chi connectivity index (χ2n) is 8.76. The van der Waals surface area contributed by atoms with Gasteiger partial charge in [-0.25, -0.2) is 0 Å². The summed E-state index contributed by atoms with van der Waals surface area (Å²) < 4.78 is 6.61. The second kappa shape index (κ2) is 11.3. The summed E-state index contributed by atoms with van der Waals surface area (Å²) >= 11 is 6.36. The molecule has 0 fully saturated rings. The van der Waals surface area contributed by atoms with Gasteiger partial charge in [-0.05, 0) is 29.1 Å². The maximum Gasteiger partial charge on any atom is 0.200 e. The predicted octanol–water partition coefficient (Wildman–Crippen LogP) is 7.96. The summed E-state index contributed by atoms with van der Waals surface area (Å²) in [5.74, 6) is 0. The number of hydrogen-bond donors (Lipinski definition) is 0. The van der Waals surface area contributed by atoms with Gasteiger partial charge in [0.15, 0.2) is 8.32 Å². The summed E-state index contributed by atoms with van der Waals surface area (Å²) in [6.07, 6.45) is 7.95. The Hall–Kier alpha value is 0.684. The minimum atomic E-state index is -1.64. The van der Waals surface area contributed by atoms with E-state index < -0.39 is 15.7 Å². The molecular weight excluding hydrogens is 336 g/mol. The van der Waals surface area contributed by atoms with Crippen molar-refractivity contribution in [3.8, 4) is 0 Å². The van der Waals surface area contributed by atoms with Crippen molar-refractivity contribution in [1.82, 2.24) is 0 Å². The fraction of sp³-hybridized carbons (Fsp3) is 1.00. The van der Waals surface area contributed by atoms with Crippen LogP contribution in [0, 0.1) is 0 Å². The Bertz CT molecular complexity index is 276. The van der Waals surface area contributed by atoms with Gasteiger partial charge in [0.2, 0.25) is 0 Å². The first-order valence-electron chi connectivity index (χ1n) is 9.87. The van der Waals surface area contributed by atoms with E-state index in [4.69, 9.17) is 15.5 Å². The molecule has 23 heavy (non-hydrogen) atoms. The summed E-state index contributed by atoms with van der Waals surface area (Å²) in [4.78, 5) is 0. The van der Waals surface area contributed by atoms with Crippen LogP contribution in [0.5, 0.6) is 0 Å². The molecule has 0 spiro atoms. The van der Waals surface area contributed by atoms with Gasteiger partial charge in [0.25, 0.3) is 0 Å². The van der Waals surface area contributed by atoms with Crippen molar-refractivity contribution in [1.29, 1.82) is 0 Å². The van der Waals surface area contributed by atoms with Crippen LogP contribution in [0.2, 0.25) is 35.8 Å². The lowest BCUT2D eigenvalue weighted by atomic mass is 10.1. The molecule has 0 aromatic carbocycles. The molecule has 0 saturated heterocycles. The van der Waals surface area contributed by atoms with E-state index in [9.17, 15) is 0 Å². The van der Waals surface area contributed by atoms with Crippen LogP contribution in [-0.4, -0.2) is 22.3 Å². The Morgan fingerprint density at radius 2 is 1.09 bits per heavy atom. The largest absolute Gasteiger partial charge is 0.416 e. The average Bonchev–Trinajstić information content (AvgIpc) is 2.38. The molecule has 0 bridgehead atoms. The van der Waals surface area contributed by atoms with Crippen molar-refractivity contribution in [3.05, 3.63) is 0 Å². The van der Waals surface area contributed by atoms with E-state index in [1.165, 1.54) is 44.6 Å². The van der Waals surface area contributed by atoms with Crippen molar-refractivity contribution < 1.29 is 4.43 Å². The van der Waals surface area contributed by atoms with Gasteiger partial charge in [-0.2, -0.15) is 11.1 Å². The maximum absolute atomic E-state index is 6.61. The highest BCUT2D eigenvalue weighted by Gasteiger charge is 2.44. The highest BCUT2D eigenvalue weighted by Crippen LogP contribution is 2.42. The van der Waals surface area contributed by atoms with Crippen LogP contribution in [0.4, 0.5) is 0 Å². The Labute approximate surface area is 153 Å². The Morgan fingerprint density at radius 1 is 0.696 bits per heavy atom. The van der Waals surface area contributed by atoms with Crippen LogP contribution in [0.25, 0.3) is 0 Å². The van der Waals surface area contributed by atoms with E-state index in [0.29, 0.717) is 16.6 Å². The summed E-state index contributed by atoms with van der Waals surface area (Å²) in [5, 5.41) is 0. The first-order valence-corrected chi connectivity index (χ1v) is 16.2. The third kappa shape index (κ3) is 9.08. The minimum absolute atomic E-state index is 0.700. The molecule has 0 aliphatic heterocycles. The molecule has 0 unspecified atom stereocenters. The minimum Gasteiger partial charge on any atom is -0.416 e. The van der Waals surface area contributed by atoms with Crippen molar-refractivity contribution in [2.45, 2.75) is 116 Å². The molecule has 0 aromatic rings. The number of hydrogen-bond acceptors (Lipinski definition) is 1. The lowest BCUT2D eigenvalue weighted by Gasteiger charge is -2.42. The zero-order valence-electron chi connectivity index (χ0n) is 17.2. The normalized spacial score (nSPS) is 13.6. The highest BCUT2D eigenvalue weighted by molar-refractivity contribution is 7.19. The number of rotatable bonds is 13. The van der Waals surface area contributed by atoms with Gasteiger partial charge in [-0.3, -0.25) is 0 Å². The fourth-order valence-electron chi connectivity index (χ4n) is 4.10. The van der Waals surface area contributed by atoms with E-state index in [1.807, 2.05) is 0 Å². The Balaban J connectivity index is 3.92. The molecule has 0 saturated carbocycles. The smallest absolute Gasteiger partial charge is 0.200 e. The van der Waals surface area contributed by atoms with Crippen LogP contribution in [0.15, 0.2) is 0 Å². The van der Waals surface area contributed by atoms with Gasteiger partial charge in [-0.15, -0.1) is 0 Å². The second-order valence-corrected chi connectivity index (χ2v) is 21.2. The van der Waals surface area contributed by atoms with Crippen LogP contribution in [0.3, 0.4) is 0 Å². The van der Waals surface area contributed by atoms with Gasteiger partial charge < -0.3 is 4.43 Å². The molecule has 0 rings (SSSR count). The third-order valence-electron chi connectivity index (χ3n) is 5.22. The van der Waals surface area contributed by atoms with Gasteiger partial charge in [-0.1, -0.05) is 86.7 Å². The SMILES string of the molecule is CC(C)[Si](OCCCCCCCC[Si](C)(C)Cl)(C(C)C)C(C)C. The molecule has 0 heterocycles. The van der Waals surface area contributed by atoms with Gasteiger partial charge in [0.05, 0.1) is 0 Å². The van der Waals surface area contributed by atoms with Gasteiger partial charge in [0.1, 0.15) is 7.38 Å². The zero-order valence-corrected chi connectivity index (χ0v) is 19.9. The first kappa shape index (κ1) is 23.7. The van der Waals surface area contributed by atoms with E-state index in [1.54, 1.807) is 0 Å². The Morgan fingerprint density at radius 3 is 1.48 bits per heavy atom. The Kier molecular flexibility index (Phi) is 11.7. The van der Waals surface area contributed by atoms with Crippen molar-refractivity contribution in [2.75, 3.05) is 6.61 Å². The molecular formula is C19H43ClOSi2. The van der Waals surface area contributed by atoms with Gasteiger partial charge in [0, 0.05) is 6.61 Å². The number of unbranched alkanes of at least 4 members (excludes halogenated alkanes) is 5. The summed E-state index contributed by atoms with van der Waals surface area (Å²) in [7, 11) is -2.97. The molecule has 140 valence electrons. The summed E-state index contributed by atoms with van der Waals surface area (Å²) in [6, 6.07) is 1.27. The predicted molar refractivity (Wildman–Crippen MR) is 113 cm³/mol. The maximum atomic E-state index is 6.61. The molecule has 1 nitrogen and oxygen atoms in total. The van der Waals surface area contributed by atoms with Crippen molar-refractivity contribution in [3.63, 3.8) is 0 Å². The average molecular weight is 379 g/mol. The topological polar surface area (TPSA) is 9.23 Å². The van der Waals surface area contributed by atoms with E-state index in [2.05, 4.69) is 54.6 Å².